The first-order valence-corrected chi connectivity index (χ1v) is 7.29. The lowest BCUT2D eigenvalue weighted by atomic mass is 10.2. The van der Waals surface area contributed by atoms with Crippen LogP contribution in [0.4, 0.5) is 11.5 Å². The van der Waals surface area contributed by atoms with Gasteiger partial charge in [0, 0.05) is 12.1 Å². The number of aryl methyl sites for hydroxylation is 2. The van der Waals surface area contributed by atoms with Crippen LogP contribution in [0.25, 0.3) is 11.1 Å². The van der Waals surface area contributed by atoms with E-state index in [9.17, 15) is 0 Å². The molecule has 0 aliphatic rings. The molecule has 0 aliphatic carbocycles. The topological polar surface area (TPSA) is 63.8 Å². The molecular weight excluding hydrogens is 264 g/mol. The first kappa shape index (κ1) is 13.5. The molecule has 3 rings (SSSR count). The smallest absolute Gasteiger partial charge is 0.263 e. The maximum Gasteiger partial charge on any atom is 0.263 e. The van der Waals surface area contributed by atoms with Gasteiger partial charge in [-0.2, -0.15) is 4.98 Å². The highest BCUT2D eigenvalue weighted by Gasteiger charge is 2.16. The monoisotopic (exact) mass is 282 g/mol. The highest BCUT2D eigenvalue weighted by atomic mass is 16.5. The van der Waals surface area contributed by atoms with Crippen LogP contribution in [0.5, 0.6) is 0 Å². The summed E-state index contributed by atoms with van der Waals surface area (Å²) in [5.41, 5.74) is 2.46. The van der Waals surface area contributed by atoms with Crippen LogP contribution < -0.4 is 5.32 Å². The van der Waals surface area contributed by atoms with Crippen molar-refractivity contribution in [3.05, 3.63) is 41.9 Å². The first-order valence-electron chi connectivity index (χ1n) is 7.29. The van der Waals surface area contributed by atoms with Crippen molar-refractivity contribution in [2.24, 2.45) is 0 Å². The van der Waals surface area contributed by atoms with E-state index in [1.165, 1.54) is 0 Å². The second-order valence-electron chi connectivity index (χ2n) is 4.89. The second-order valence-corrected chi connectivity index (χ2v) is 4.89. The van der Waals surface area contributed by atoms with E-state index >= 15 is 0 Å². The predicted octanol–water partition coefficient (Wildman–Crippen LogP) is 3.88. The van der Waals surface area contributed by atoms with Gasteiger partial charge < -0.3 is 9.84 Å². The van der Waals surface area contributed by atoms with E-state index in [4.69, 9.17) is 4.52 Å². The number of hydrogen-bond acceptors (Lipinski definition) is 5. The zero-order chi connectivity index (χ0) is 14.7. The lowest BCUT2D eigenvalue weighted by molar-refractivity contribution is 0.437. The summed E-state index contributed by atoms with van der Waals surface area (Å²) in [5.74, 6) is 1.52. The summed E-state index contributed by atoms with van der Waals surface area (Å²) >= 11 is 0. The van der Waals surface area contributed by atoms with Gasteiger partial charge in [0.25, 0.3) is 5.71 Å². The molecule has 0 amide bonds. The Labute approximate surface area is 123 Å². The summed E-state index contributed by atoms with van der Waals surface area (Å²) in [6, 6.07) is 9.98. The number of nitrogens with zero attached hydrogens (tertiary/aromatic N) is 3. The van der Waals surface area contributed by atoms with Gasteiger partial charge in [-0.15, -0.1) is 0 Å². The minimum atomic E-state index is 0.559. The van der Waals surface area contributed by atoms with Crippen LogP contribution in [-0.4, -0.2) is 15.1 Å². The summed E-state index contributed by atoms with van der Waals surface area (Å²) in [4.78, 5) is 9.03. The Hall–Kier alpha value is -2.43. The molecule has 2 heterocycles. The molecule has 0 unspecified atom stereocenters. The second kappa shape index (κ2) is 5.91. The van der Waals surface area contributed by atoms with Crippen LogP contribution in [0, 0.1) is 0 Å². The van der Waals surface area contributed by atoms with Gasteiger partial charge in [-0.3, -0.25) is 0 Å². The number of rotatable bonds is 5. The van der Waals surface area contributed by atoms with Gasteiger partial charge in [0.15, 0.2) is 0 Å². The molecular formula is C16H18N4O. The molecule has 108 valence electrons. The van der Waals surface area contributed by atoms with E-state index in [-0.39, 0.29) is 0 Å². The van der Waals surface area contributed by atoms with Crippen molar-refractivity contribution >= 4 is 22.6 Å². The van der Waals surface area contributed by atoms with Gasteiger partial charge in [-0.1, -0.05) is 43.6 Å². The van der Waals surface area contributed by atoms with Crippen LogP contribution in [0.1, 0.15) is 31.8 Å². The van der Waals surface area contributed by atoms with Gasteiger partial charge in [-0.05, 0) is 18.6 Å². The fourth-order valence-electron chi connectivity index (χ4n) is 2.27. The standard InChI is InChI=1S/C16H18N4O/c1-3-8-12-14-15(17-11-9-6-5-7-10-11)18-13(4-2)19-16(14)21-20-12/h5-7,9-10H,3-4,8H2,1-2H3,(H,17,18,19). The van der Waals surface area contributed by atoms with Crippen molar-refractivity contribution in [3.63, 3.8) is 0 Å². The Morgan fingerprint density at radius 3 is 2.62 bits per heavy atom. The van der Waals surface area contributed by atoms with E-state index in [1.807, 2.05) is 37.3 Å². The average Bonchev–Trinajstić information content (AvgIpc) is 2.92. The lowest BCUT2D eigenvalue weighted by Crippen LogP contribution is -2.01. The summed E-state index contributed by atoms with van der Waals surface area (Å²) in [6.45, 7) is 4.14. The third-order valence-electron chi connectivity index (χ3n) is 3.29. The molecule has 5 nitrogen and oxygen atoms in total. The number of aromatic nitrogens is 3. The molecule has 0 fully saturated rings. The van der Waals surface area contributed by atoms with Crippen LogP contribution in [-0.2, 0) is 12.8 Å². The highest BCUT2D eigenvalue weighted by molar-refractivity contribution is 5.89. The third-order valence-corrected chi connectivity index (χ3v) is 3.29. The van der Waals surface area contributed by atoms with Crippen molar-refractivity contribution < 1.29 is 4.52 Å². The molecule has 0 atom stereocenters. The molecule has 0 saturated carbocycles. The Kier molecular flexibility index (Phi) is 3.81. The SMILES string of the molecule is CCCc1noc2nc(CC)nc(Nc3ccccc3)c12. The summed E-state index contributed by atoms with van der Waals surface area (Å²) < 4.78 is 5.38. The molecule has 21 heavy (non-hydrogen) atoms. The molecule has 0 saturated heterocycles. The highest BCUT2D eigenvalue weighted by Crippen LogP contribution is 2.27. The van der Waals surface area contributed by atoms with Crippen molar-refractivity contribution in [2.45, 2.75) is 33.1 Å². The fourth-order valence-corrected chi connectivity index (χ4v) is 2.27. The minimum absolute atomic E-state index is 0.559. The third kappa shape index (κ3) is 2.72. The van der Waals surface area contributed by atoms with Crippen LogP contribution in [0.2, 0.25) is 0 Å². The van der Waals surface area contributed by atoms with E-state index in [2.05, 4.69) is 27.4 Å². The van der Waals surface area contributed by atoms with E-state index < -0.39 is 0 Å². The molecule has 1 aromatic carbocycles. The molecule has 0 bridgehead atoms. The predicted molar refractivity (Wildman–Crippen MR) is 82.7 cm³/mol. The fraction of sp³-hybridized carbons (Fsp3) is 0.312. The van der Waals surface area contributed by atoms with Crippen LogP contribution in [0.15, 0.2) is 34.9 Å². The van der Waals surface area contributed by atoms with E-state index in [1.54, 1.807) is 0 Å². The zero-order valence-electron chi connectivity index (χ0n) is 12.3. The van der Waals surface area contributed by atoms with Gasteiger partial charge in [-0.25, -0.2) is 4.98 Å². The number of anilines is 2. The normalized spacial score (nSPS) is 11.0. The summed E-state index contributed by atoms with van der Waals surface area (Å²) in [7, 11) is 0. The number of hydrogen-bond donors (Lipinski definition) is 1. The number of nitrogens with one attached hydrogen (secondary N) is 1. The number of fused-ring (bicyclic) bond motifs is 1. The molecule has 5 heteroatoms. The molecule has 3 aromatic rings. The molecule has 2 aromatic heterocycles. The van der Waals surface area contributed by atoms with Crippen molar-refractivity contribution in [1.29, 1.82) is 0 Å². The van der Waals surface area contributed by atoms with Gasteiger partial charge in [0.05, 0.1) is 5.69 Å². The Bertz CT molecular complexity index is 737. The van der Waals surface area contributed by atoms with Crippen LogP contribution >= 0.6 is 0 Å². The largest absolute Gasteiger partial charge is 0.339 e. The maximum atomic E-state index is 5.38. The average molecular weight is 282 g/mol. The first-order chi connectivity index (χ1) is 10.3. The number of para-hydroxylation sites is 1. The number of benzene rings is 1. The Balaban J connectivity index is 2.11. The molecule has 1 N–H and O–H groups in total. The van der Waals surface area contributed by atoms with E-state index in [0.717, 1.165) is 47.7 Å². The summed E-state index contributed by atoms with van der Waals surface area (Å²) in [6.07, 6.45) is 2.61. The lowest BCUT2D eigenvalue weighted by Gasteiger charge is -2.08. The zero-order valence-corrected chi connectivity index (χ0v) is 12.3. The minimum Gasteiger partial charge on any atom is -0.339 e. The molecule has 0 spiro atoms. The van der Waals surface area contributed by atoms with Gasteiger partial charge in [0.1, 0.15) is 17.0 Å². The van der Waals surface area contributed by atoms with Crippen molar-refractivity contribution in [2.75, 3.05) is 5.32 Å². The van der Waals surface area contributed by atoms with Crippen molar-refractivity contribution in [3.8, 4) is 0 Å². The van der Waals surface area contributed by atoms with E-state index in [0.29, 0.717) is 5.71 Å². The molecule has 0 radical (unpaired) electrons. The van der Waals surface area contributed by atoms with Gasteiger partial charge >= 0.3 is 0 Å². The molecule has 0 aliphatic heterocycles. The van der Waals surface area contributed by atoms with Crippen molar-refractivity contribution in [1.82, 2.24) is 15.1 Å². The quantitative estimate of drug-likeness (QED) is 0.769. The van der Waals surface area contributed by atoms with Gasteiger partial charge in [0.2, 0.25) is 0 Å². The Morgan fingerprint density at radius 2 is 1.90 bits per heavy atom. The summed E-state index contributed by atoms with van der Waals surface area (Å²) in [5, 5.41) is 8.39. The maximum absolute atomic E-state index is 5.38. The van der Waals surface area contributed by atoms with Crippen LogP contribution in [0.3, 0.4) is 0 Å². The Morgan fingerprint density at radius 1 is 1.10 bits per heavy atom.